The maximum Gasteiger partial charge on any atom is 0.172 e. The predicted molar refractivity (Wildman–Crippen MR) is 75.5 cm³/mol. The molecule has 0 saturated carbocycles. The molecule has 0 spiro atoms. The molecule has 0 saturated heterocycles. The SMILES string of the molecule is CCCNC(Cc1cncc(Br)c1)C(OC)OC. The summed E-state index contributed by atoms with van der Waals surface area (Å²) in [6, 6.07) is 2.19. The van der Waals surface area contributed by atoms with Crippen LogP contribution in [0.2, 0.25) is 0 Å². The second-order valence-electron chi connectivity index (χ2n) is 4.12. The minimum atomic E-state index is -0.254. The molecule has 0 bridgehead atoms. The maximum absolute atomic E-state index is 5.34. The number of pyridine rings is 1. The minimum Gasteiger partial charge on any atom is -0.354 e. The minimum absolute atomic E-state index is 0.121. The molecule has 0 aliphatic carbocycles. The number of rotatable bonds is 8. The van der Waals surface area contributed by atoms with Gasteiger partial charge in [-0.25, -0.2) is 0 Å². The van der Waals surface area contributed by atoms with Crippen LogP contribution < -0.4 is 5.32 Å². The fourth-order valence-corrected chi connectivity index (χ4v) is 2.25. The second-order valence-corrected chi connectivity index (χ2v) is 5.03. The average Bonchev–Trinajstić information content (AvgIpc) is 2.37. The largest absolute Gasteiger partial charge is 0.354 e. The fourth-order valence-electron chi connectivity index (χ4n) is 1.84. The Hall–Kier alpha value is -0.490. The Morgan fingerprint density at radius 1 is 1.33 bits per heavy atom. The lowest BCUT2D eigenvalue weighted by atomic mass is 10.1. The van der Waals surface area contributed by atoms with E-state index in [1.165, 1.54) is 0 Å². The van der Waals surface area contributed by atoms with Gasteiger partial charge in [-0.1, -0.05) is 6.92 Å². The zero-order valence-electron chi connectivity index (χ0n) is 11.1. The molecule has 1 aromatic rings. The summed E-state index contributed by atoms with van der Waals surface area (Å²) in [5, 5.41) is 3.45. The molecule has 4 nitrogen and oxygen atoms in total. The van der Waals surface area contributed by atoms with Crippen LogP contribution in [-0.2, 0) is 15.9 Å². The molecule has 0 radical (unpaired) electrons. The summed E-state index contributed by atoms with van der Waals surface area (Å²) in [5.41, 5.74) is 1.15. The molecule has 0 aliphatic rings. The molecule has 18 heavy (non-hydrogen) atoms. The standard InChI is InChI=1S/C13H21BrN2O2/c1-4-5-16-12(13(17-2)18-3)7-10-6-11(14)9-15-8-10/h6,8-9,12-13,16H,4-5,7H2,1-3H3. The first-order valence-corrected chi connectivity index (χ1v) is 6.89. The number of nitrogens with zero attached hydrogens (tertiary/aromatic N) is 1. The van der Waals surface area contributed by atoms with Crippen LogP contribution in [-0.4, -0.2) is 38.1 Å². The van der Waals surface area contributed by atoms with Crippen molar-refractivity contribution in [1.82, 2.24) is 10.3 Å². The summed E-state index contributed by atoms with van der Waals surface area (Å²) >= 11 is 3.43. The predicted octanol–water partition coefficient (Wildman–Crippen LogP) is 2.37. The van der Waals surface area contributed by atoms with Crippen LogP contribution in [0.3, 0.4) is 0 Å². The summed E-state index contributed by atoms with van der Waals surface area (Å²) in [5.74, 6) is 0. The highest BCUT2D eigenvalue weighted by molar-refractivity contribution is 9.10. The third-order valence-electron chi connectivity index (χ3n) is 2.67. The molecule has 1 heterocycles. The zero-order valence-corrected chi connectivity index (χ0v) is 12.7. The molecule has 0 aromatic carbocycles. The monoisotopic (exact) mass is 316 g/mol. The van der Waals surface area contributed by atoms with E-state index >= 15 is 0 Å². The highest BCUT2D eigenvalue weighted by Gasteiger charge is 2.20. The summed E-state index contributed by atoms with van der Waals surface area (Å²) in [6.45, 7) is 3.08. The Balaban J connectivity index is 2.70. The van der Waals surface area contributed by atoms with Gasteiger partial charge in [-0.2, -0.15) is 0 Å². The van der Waals surface area contributed by atoms with Gasteiger partial charge in [0.05, 0.1) is 6.04 Å². The summed E-state index contributed by atoms with van der Waals surface area (Å²) in [6.07, 6.45) is 5.29. The molecule has 1 unspecified atom stereocenters. The molecule has 1 aromatic heterocycles. The molecule has 0 amide bonds. The second kappa shape index (κ2) is 8.58. The quantitative estimate of drug-likeness (QED) is 0.748. The van der Waals surface area contributed by atoms with Gasteiger partial charge in [-0.3, -0.25) is 4.98 Å². The molecule has 1 N–H and O–H groups in total. The van der Waals surface area contributed by atoms with E-state index < -0.39 is 0 Å². The van der Waals surface area contributed by atoms with Crippen LogP contribution >= 0.6 is 15.9 Å². The van der Waals surface area contributed by atoms with Crippen molar-refractivity contribution in [3.05, 3.63) is 28.5 Å². The van der Waals surface area contributed by atoms with Crippen molar-refractivity contribution in [2.75, 3.05) is 20.8 Å². The molecule has 0 fully saturated rings. The number of hydrogen-bond donors (Lipinski definition) is 1. The first-order valence-electron chi connectivity index (χ1n) is 6.09. The van der Waals surface area contributed by atoms with E-state index in [4.69, 9.17) is 9.47 Å². The van der Waals surface area contributed by atoms with Crippen LogP contribution in [0.5, 0.6) is 0 Å². The number of nitrogens with one attached hydrogen (secondary N) is 1. The summed E-state index contributed by atoms with van der Waals surface area (Å²) in [7, 11) is 3.32. The molecule has 102 valence electrons. The van der Waals surface area contributed by atoms with Gasteiger partial charge in [0.2, 0.25) is 0 Å². The topological polar surface area (TPSA) is 43.4 Å². The van der Waals surface area contributed by atoms with Crippen molar-refractivity contribution < 1.29 is 9.47 Å². The molecule has 1 atom stereocenters. The number of ether oxygens (including phenoxy) is 2. The Morgan fingerprint density at radius 2 is 2.06 bits per heavy atom. The molecular formula is C13H21BrN2O2. The number of hydrogen-bond acceptors (Lipinski definition) is 4. The lowest BCUT2D eigenvalue weighted by Gasteiger charge is -2.25. The van der Waals surface area contributed by atoms with Crippen molar-refractivity contribution in [2.45, 2.75) is 32.1 Å². The molecule has 5 heteroatoms. The van der Waals surface area contributed by atoms with E-state index in [1.54, 1.807) is 20.4 Å². The van der Waals surface area contributed by atoms with Crippen molar-refractivity contribution in [3.63, 3.8) is 0 Å². The summed E-state index contributed by atoms with van der Waals surface area (Å²) in [4.78, 5) is 4.17. The maximum atomic E-state index is 5.34. The van der Waals surface area contributed by atoms with Crippen molar-refractivity contribution in [3.8, 4) is 0 Å². The van der Waals surface area contributed by atoms with E-state index in [2.05, 4.69) is 39.2 Å². The number of aromatic nitrogens is 1. The first-order chi connectivity index (χ1) is 8.71. The van der Waals surface area contributed by atoms with E-state index in [-0.39, 0.29) is 12.3 Å². The smallest absolute Gasteiger partial charge is 0.172 e. The Morgan fingerprint density at radius 3 is 2.61 bits per heavy atom. The van der Waals surface area contributed by atoms with Gasteiger partial charge in [-0.05, 0) is 46.9 Å². The molecular weight excluding hydrogens is 296 g/mol. The molecule has 0 aliphatic heterocycles. The van der Waals surface area contributed by atoms with Crippen LogP contribution in [0.25, 0.3) is 0 Å². The normalized spacial score (nSPS) is 12.9. The summed E-state index contributed by atoms with van der Waals surface area (Å²) < 4.78 is 11.7. The highest BCUT2D eigenvalue weighted by Crippen LogP contribution is 2.13. The van der Waals surface area contributed by atoms with E-state index in [0.29, 0.717) is 0 Å². The third kappa shape index (κ3) is 5.02. The van der Waals surface area contributed by atoms with Gasteiger partial charge >= 0.3 is 0 Å². The van der Waals surface area contributed by atoms with Crippen LogP contribution in [0.4, 0.5) is 0 Å². The van der Waals surface area contributed by atoms with E-state index in [0.717, 1.165) is 29.4 Å². The van der Waals surface area contributed by atoms with Gasteiger partial charge in [0.25, 0.3) is 0 Å². The van der Waals surface area contributed by atoms with Gasteiger partial charge in [-0.15, -0.1) is 0 Å². The Bertz CT molecular complexity index is 346. The lowest BCUT2D eigenvalue weighted by Crippen LogP contribution is -2.44. The van der Waals surface area contributed by atoms with Crippen molar-refractivity contribution >= 4 is 15.9 Å². The van der Waals surface area contributed by atoms with Crippen molar-refractivity contribution in [2.24, 2.45) is 0 Å². The Labute approximate surface area is 117 Å². The number of methoxy groups -OCH3 is 2. The Kier molecular flexibility index (Phi) is 7.42. The average molecular weight is 317 g/mol. The van der Waals surface area contributed by atoms with Crippen LogP contribution in [0.15, 0.2) is 22.9 Å². The first kappa shape index (κ1) is 15.6. The third-order valence-corrected chi connectivity index (χ3v) is 3.10. The van der Waals surface area contributed by atoms with Gasteiger partial charge in [0.1, 0.15) is 0 Å². The van der Waals surface area contributed by atoms with Gasteiger partial charge in [0.15, 0.2) is 6.29 Å². The fraction of sp³-hybridized carbons (Fsp3) is 0.615. The van der Waals surface area contributed by atoms with Gasteiger partial charge in [0, 0.05) is 31.1 Å². The van der Waals surface area contributed by atoms with Crippen LogP contribution in [0, 0.1) is 0 Å². The van der Waals surface area contributed by atoms with Gasteiger partial charge < -0.3 is 14.8 Å². The van der Waals surface area contributed by atoms with Crippen molar-refractivity contribution in [1.29, 1.82) is 0 Å². The van der Waals surface area contributed by atoms with E-state index in [9.17, 15) is 0 Å². The number of halogens is 1. The lowest BCUT2D eigenvalue weighted by molar-refractivity contribution is -0.122. The highest BCUT2D eigenvalue weighted by atomic mass is 79.9. The zero-order chi connectivity index (χ0) is 13.4. The van der Waals surface area contributed by atoms with Crippen LogP contribution in [0.1, 0.15) is 18.9 Å². The molecule has 1 rings (SSSR count). The van der Waals surface area contributed by atoms with E-state index in [1.807, 2.05) is 6.20 Å².